The third-order valence-corrected chi connectivity index (χ3v) is 19.0. The Balaban J connectivity index is 2.04. The fourth-order valence-electron chi connectivity index (χ4n) is 3.49. The van der Waals surface area contributed by atoms with Crippen LogP contribution in [0.2, 0.25) is 0 Å². The van der Waals surface area contributed by atoms with Crippen molar-refractivity contribution >= 4 is 56.4 Å². The summed E-state index contributed by atoms with van der Waals surface area (Å²) in [6.07, 6.45) is 0. The SMILES string of the molecule is [NH2][Ru]([NH2])([NH2])([Cl])([Cl])[C](=CP(c1ccccc1)c1ccccc1)P(c1ccccc1)c1ccccc1. The zero-order valence-electron chi connectivity index (χ0n) is 18.4. The Hall–Kier alpha value is -1.44. The summed E-state index contributed by atoms with van der Waals surface area (Å²) in [4.78, 5) is 0. The van der Waals surface area contributed by atoms with Gasteiger partial charge in [-0.1, -0.05) is 0 Å². The monoisotopic (exact) mass is 615 g/mol. The van der Waals surface area contributed by atoms with Crippen LogP contribution in [0.15, 0.2) is 131 Å². The maximum absolute atomic E-state index is 6.96. The van der Waals surface area contributed by atoms with E-state index in [4.69, 9.17) is 32.8 Å². The van der Waals surface area contributed by atoms with E-state index in [2.05, 4.69) is 30.1 Å². The van der Waals surface area contributed by atoms with Crippen LogP contribution < -0.4 is 34.6 Å². The van der Waals surface area contributed by atoms with Crippen LogP contribution in [-0.4, -0.2) is 0 Å². The number of rotatable bonds is 7. The molecule has 0 saturated carbocycles. The fourth-order valence-corrected chi connectivity index (χ4v) is 18.4. The van der Waals surface area contributed by atoms with Crippen LogP contribution in [0.5, 0.6) is 0 Å². The number of nitrogens with two attached hydrogens (primary N) is 3. The molecule has 0 heterocycles. The van der Waals surface area contributed by atoms with Crippen LogP contribution in [0.1, 0.15) is 0 Å². The Morgan fingerprint density at radius 3 is 1.12 bits per heavy atom. The molecule has 0 aliphatic carbocycles. The summed E-state index contributed by atoms with van der Waals surface area (Å²) < 4.78 is 20.5. The standard InChI is InChI=1S/C26H21P2.2ClH.3H2N.Ru/c1-5-13-23(14-6-1)27(24-15-7-2-8-16-24)21-22-28(25-17-9-3-10-18-25)26-19-11-4-12-20-26;;;;;;/h1-21H;2*1H;3*1H2;/q;;;3*-1;+5/p-2. The molecule has 0 unspecified atom stereocenters. The van der Waals surface area contributed by atoms with Crippen LogP contribution in [-0.2, 0) is 11.2 Å². The maximum atomic E-state index is 6.96. The Labute approximate surface area is 211 Å². The molecule has 6 N–H and O–H groups in total. The molecule has 4 aromatic carbocycles. The summed E-state index contributed by atoms with van der Waals surface area (Å²) >= 11 is -5.95. The van der Waals surface area contributed by atoms with Gasteiger partial charge in [-0.2, -0.15) is 0 Å². The summed E-state index contributed by atoms with van der Waals surface area (Å²) in [7, 11) is 11.6. The van der Waals surface area contributed by atoms with E-state index >= 15 is 0 Å². The van der Waals surface area contributed by atoms with Crippen molar-refractivity contribution in [3.8, 4) is 0 Å². The number of benzene rings is 4. The minimum absolute atomic E-state index is 0.539. The van der Waals surface area contributed by atoms with E-state index in [1.807, 2.05) is 97.1 Å². The van der Waals surface area contributed by atoms with E-state index in [9.17, 15) is 0 Å². The molecule has 0 aromatic heterocycles. The molecule has 8 heteroatoms. The van der Waals surface area contributed by atoms with Gasteiger partial charge in [0.2, 0.25) is 0 Å². The van der Waals surface area contributed by atoms with E-state index in [1.54, 1.807) is 0 Å². The van der Waals surface area contributed by atoms with Gasteiger partial charge in [-0.05, 0) is 0 Å². The Morgan fingerprint density at radius 1 is 0.529 bits per heavy atom. The summed E-state index contributed by atoms with van der Waals surface area (Å²) in [5, 5.41) is 4.31. The van der Waals surface area contributed by atoms with E-state index in [-0.39, 0.29) is 0 Å². The van der Waals surface area contributed by atoms with Crippen molar-refractivity contribution in [3.05, 3.63) is 131 Å². The Bertz CT molecular complexity index is 1190. The van der Waals surface area contributed by atoms with Gasteiger partial charge in [0.05, 0.1) is 0 Å². The predicted molar refractivity (Wildman–Crippen MR) is 150 cm³/mol. The molecular weight excluding hydrogens is 588 g/mol. The third-order valence-electron chi connectivity index (χ3n) is 4.99. The van der Waals surface area contributed by atoms with Gasteiger partial charge in [-0.25, -0.2) is 0 Å². The molecule has 0 fully saturated rings. The van der Waals surface area contributed by atoms with Crippen LogP contribution in [0.4, 0.5) is 0 Å². The van der Waals surface area contributed by atoms with Crippen LogP contribution in [0.3, 0.4) is 0 Å². The first-order valence-electron chi connectivity index (χ1n) is 10.4. The van der Waals surface area contributed by atoms with Gasteiger partial charge >= 0.3 is 212 Å². The second-order valence-corrected chi connectivity index (χ2v) is 29.5. The Kier molecular flexibility index (Phi) is 7.20. The molecule has 3 nitrogen and oxygen atoms in total. The van der Waals surface area contributed by atoms with Crippen LogP contribution >= 0.6 is 35.2 Å². The summed E-state index contributed by atoms with van der Waals surface area (Å²) in [6.45, 7) is 0. The van der Waals surface area contributed by atoms with Gasteiger partial charge < -0.3 is 0 Å². The fraction of sp³-hybridized carbons (Fsp3) is 0. The minimum atomic E-state index is -5.95. The van der Waals surface area contributed by atoms with Crippen LogP contribution in [0.25, 0.3) is 0 Å². The molecule has 0 bridgehead atoms. The van der Waals surface area contributed by atoms with Gasteiger partial charge in [-0.3, -0.25) is 0 Å². The average Bonchev–Trinajstić information content (AvgIpc) is 2.82. The summed E-state index contributed by atoms with van der Waals surface area (Å²) in [5.74, 6) is 2.07. The third kappa shape index (κ3) is 6.41. The zero-order chi connectivity index (χ0) is 24.3. The van der Waals surface area contributed by atoms with Gasteiger partial charge in [0.15, 0.2) is 0 Å². The molecule has 0 spiro atoms. The quantitative estimate of drug-likeness (QED) is 0.198. The molecule has 34 heavy (non-hydrogen) atoms. The molecule has 4 aromatic rings. The molecular formula is C26H27Cl2N3P2Ru. The first-order valence-corrected chi connectivity index (χ1v) is 21.5. The molecule has 4 rings (SSSR count). The average molecular weight is 615 g/mol. The van der Waals surface area contributed by atoms with E-state index in [0.717, 1.165) is 21.2 Å². The Morgan fingerprint density at radius 2 is 0.824 bits per heavy atom. The van der Waals surface area contributed by atoms with Crippen molar-refractivity contribution in [3.63, 3.8) is 0 Å². The normalized spacial score (nSPS) is 14.6. The van der Waals surface area contributed by atoms with E-state index in [0.29, 0.717) is 3.91 Å². The van der Waals surface area contributed by atoms with E-state index < -0.39 is 27.0 Å². The molecule has 0 amide bonds. The summed E-state index contributed by atoms with van der Waals surface area (Å²) in [6, 6.07) is 40.5. The van der Waals surface area contributed by atoms with Gasteiger partial charge in [-0.15, -0.1) is 0 Å². The molecule has 0 aliphatic rings. The second-order valence-electron chi connectivity index (χ2n) is 7.79. The van der Waals surface area contributed by atoms with Crippen molar-refractivity contribution in [1.29, 1.82) is 0 Å². The number of halogens is 2. The van der Waals surface area contributed by atoms with Gasteiger partial charge in [0.25, 0.3) is 0 Å². The van der Waals surface area contributed by atoms with Crippen molar-refractivity contribution in [2.45, 2.75) is 0 Å². The molecule has 178 valence electrons. The predicted octanol–water partition coefficient (Wildman–Crippen LogP) is 5.21. The molecule has 0 aliphatic heterocycles. The first kappa shape index (κ1) is 25.7. The van der Waals surface area contributed by atoms with Crippen molar-refractivity contribution in [2.24, 2.45) is 13.4 Å². The first-order chi connectivity index (χ1) is 16.0. The van der Waals surface area contributed by atoms with Crippen molar-refractivity contribution in [2.75, 3.05) is 0 Å². The number of hydrogen-bond donors (Lipinski definition) is 3. The number of hydrogen-bond acceptors (Lipinski definition) is 3. The van der Waals surface area contributed by atoms with Crippen molar-refractivity contribution in [1.82, 2.24) is 0 Å². The topological polar surface area (TPSA) is 78.1 Å². The van der Waals surface area contributed by atoms with Crippen molar-refractivity contribution < 1.29 is 11.2 Å². The summed E-state index contributed by atoms with van der Waals surface area (Å²) in [5.41, 5.74) is 0. The van der Waals surface area contributed by atoms with E-state index in [1.165, 1.54) is 0 Å². The van der Waals surface area contributed by atoms with Gasteiger partial charge in [0.1, 0.15) is 0 Å². The zero-order valence-corrected chi connectivity index (χ0v) is 23.4. The molecule has 0 atom stereocenters. The van der Waals surface area contributed by atoms with Crippen LogP contribution in [0, 0.1) is 0 Å². The molecule has 0 saturated heterocycles. The molecule has 0 radical (unpaired) electrons. The van der Waals surface area contributed by atoms with Gasteiger partial charge in [0, 0.05) is 0 Å². The second kappa shape index (κ2) is 9.55.